The first-order valence-corrected chi connectivity index (χ1v) is 11.6. The Balaban J connectivity index is 1.50. The van der Waals surface area contributed by atoms with E-state index in [0.29, 0.717) is 5.02 Å². The molecule has 1 heterocycles. The third kappa shape index (κ3) is 4.20. The molecule has 5 nitrogen and oxygen atoms in total. The minimum atomic E-state index is -3.57. The standard InChI is InChI=1S/C21H26ClN3O2S/c1-24-10-12-25(13-11-24)21-7-2-4-16-14-18(8-9-20(16)21)23-28(26,27)19-6-3-5-17(22)15-19/h2-7,15,18,23H,8-14H2,1H3/t18-/m0/s1. The molecular formula is C21H26ClN3O2S. The van der Waals surface area contributed by atoms with Crippen LogP contribution >= 0.6 is 11.6 Å². The zero-order valence-corrected chi connectivity index (χ0v) is 17.6. The Morgan fingerprint density at radius 2 is 1.82 bits per heavy atom. The average molecular weight is 420 g/mol. The van der Waals surface area contributed by atoms with Crippen LogP contribution in [0.5, 0.6) is 0 Å². The zero-order chi connectivity index (χ0) is 19.7. The van der Waals surface area contributed by atoms with E-state index in [1.54, 1.807) is 18.2 Å². The van der Waals surface area contributed by atoms with Crippen molar-refractivity contribution in [3.05, 3.63) is 58.6 Å². The lowest BCUT2D eigenvalue weighted by atomic mass is 9.87. The van der Waals surface area contributed by atoms with Gasteiger partial charge in [-0.3, -0.25) is 0 Å². The third-order valence-corrected chi connectivity index (χ3v) is 7.48. The Morgan fingerprint density at radius 3 is 2.57 bits per heavy atom. The van der Waals surface area contributed by atoms with Crippen molar-refractivity contribution in [3.63, 3.8) is 0 Å². The van der Waals surface area contributed by atoms with E-state index in [2.05, 4.69) is 39.8 Å². The van der Waals surface area contributed by atoms with Crippen molar-refractivity contribution in [1.29, 1.82) is 0 Å². The molecule has 0 spiro atoms. The minimum Gasteiger partial charge on any atom is -0.369 e. The molecule has 1 fully saturated rings. The van der Waals surface area contributed by atoms with Crippen molar-refractivity contribution in [2.45, 2.75) is 30.2 Å². The smallest absolute Gasteiger partial charge is 0.240 e. The fraction of sp³-hybridized carbons (Fsp3) is 0.429. The van der Waals surface area contributed by atoms with E-state index in [9.17, 15) is 8.42 Å². The van der Waals surface area contributed by atoms with E-state index in [1.807, 2.05) is 0 Å². The molecule has 0 saturated carbocycles. The quantitative estimate of drug-likeness (QED) is 0.827. The number of piperazine rings is 1. The van der Waals surface area contributed by atoms with Gasteiger partial charge < -0.3 is 9.80 Å². The van der Waals surface area contributed by atoms with Gasteiger partial charge in [-0.15, -0.1) is 0 Å². The monoisotopic (exact) mass is 419 g/mol. The number of halogens is 1. The number of hydrogen-bond donors (Lipinski definition) is 1. The van der Waals surface area contributed by atoms with E-state index >= 15 is 0 Å². The van der Waals surface area contributed by atoms with Gasteiger partial charge in [0, 0.05) is 42.9 Å². The molecule has 2 aromatic carbocycles. The van der Waals surface area contributed by atoms with Gasteiger partial charge in [0.25, 0.3) is 0 Å². The summed E-state index contributed by atoms with van der Waals surface area (Å²) in [5, 5.41) is 0.425. The van der Waals surface area contributed by atoms with Gasteiger partial charge in [0.15, 0.2) is 0 Å². The number of fused-ring (bicyclic) bond motifs is 1. The van der Waals surface area contributed by atoms with Gasteiger partial charge in [-0.05, 0) is 61.7 Å². The number of nitrogens with zero attached hydrogens (tertiary/aromatic N) is 2. The largest absolute Gasteiger partial charge is 0.369 e. The summed E-state index contributed by atoms with van der Waals surface area (Å²) in [6.45, 7) is 4.23. The van der Waals surface area contributed by atoms with Gasteiger partial charge in [-0.25, -0.2) is 13.1 Å². The first-order valence-electron chi connectivity index (χ1n) is 9.74. The highest BCUT2D eigenvalue weighted by molar-refractivity contribution is 7.89. The molecule has 2 aromatic rings. The Morgan fingerprint density at radius 1 is 1.07 bits per heavy atom. The summed E-state index contributed by atoms with van der Waals surface area (Å²) < 4.78 is 28.3. The molecule has 7 heteroatoms. The number of hydrogen-bond acceptors (Lipinski definition) is 4. The molecule has 0 radical (unpaired) electrons. The third-order valence-electron chi connectivity index (χ3n) is 5.73. The highest BCUT2D eigenvalue weighted by Crippen LogP contribution is 2.31. The number of anilines is 1. The van der Waals surface area contributed by atoms with Gasteiger partial charge in [0.2, 0.25) is 10.0 Å². The fourth-order valence-electron chi connectivity index (χ4n) is 4.15. The fourth-order valence-corrected chi connectivity index (χ4v) is 5.72. The molecule has 0 unspecified atom stereocenters. The molecule has 1 N–H and O–H groups in total. The first-order chi connectivity index (χ1) is 13.4. The van der Waals surface area contributed by atoms with Crippen molar-refractivity contribution in [1.82, 2.24) is 9.62 Å². The van der Waals surface area contributed by atoms with Crippen LogP contribution in [0, 0.1) is 0 Å². The highest BCUT2D eigenvalue weighted by atomic mass is 35.5. The number of likely N-dealkylation sites (N-methyl/N-ethyl adjacent to an activating group) is 1. The molecule has 0 bridgehead atoms. The molecule has 2 aliphatic rings. The van der Waals surface area contributed by atoms with Crippen molar-refractivity contribution in [3.8, 4) is 0 Å². The van der Waals surface area contributed by atoms with E-state index in [0.717, 1.165) is 45.4 Å². The van der Waals surface area contributed by atoms with Gasteiger partial charge in [0.1, 0.15) is 0 Å². The van der Waals surface area contributed by atoms with E-state index < -0.39 is 10.0 Å². The molecule has 0 amide bonds. The molecule has 1 saturated heterocycles. The summed E-state index contributed by atoms with van der Waals surface area (Å²) >= 11 is 5.96. The Labute approximate surface area is 172 Å². The van der Waals surface area contributed by atoms with Crippen LogP contribution in [-0.4, -0.2) is 52.6 Å². The summed E-state index contributed by atoms with van der Waals surface area (Å²) in [5.41, 5.74) is 3.95. The molecule has 1 aliphatic heterocycles. The number of rotatable bonds is 4. The first kappa shape index (κ1) is 19.7. The summed E-state index contributed by atoms with van der Waals surface area (Å²) in [4.78, 5) is 5.04. The normalized spacial score (nSPS) is 20.8. The second-order valence-corrected chi connectivity index (χ2v) is 9.87. The zero-order valence-electron chi connectivity index (χ0n) is 16.1. The molecule has 1 aliphatic carbocycles. The topological polar surface area (TPSA) is 52.6 Å². The second kappa shape index (κ2) is 8.03. The lowest BCUT2D eigenvalue weighted by molar-refractivity contribution is 0.312. The van der Waals surface area contributed by atoms with Crippen LogP contribution in [0.3, 0.4) is 0 Å². The van der Waals surface area contributed by atoms with E-state index in [-0.39, 0.29) is 10.9 Å². The predicted molar refractivity (Wildman–Crippen MR) is 114 cm³/mol. The molecule has 1 atom stereocenters. The summed E-state index contributed by atoms with van der Waals surface area (Å²) in [7, 11) is -1.41. The average Bonchev–Trinajstić information content (AvgIpc) is 2.68. The maximum atomic E-state index is 12.7. The molecule has 150 valence electrons. The molecule has 28 heavy (non-hydrogen) atoms. The van der Waals surface area contributed by atoms with Crippen molar-refractivity contribution >= 4 is 27.3 Å². The second-order valence-electron chi connectivity index (χ2n) is 7.72. The van der Waals surface area contributed by atoms with Gasteiger partial charge >= 0.3 is 0 Å². The number of benzene rings is 2. The summed E-state index contributed by atoms with van der Waals surface area (Å²) in [6, 6.07) is 12.8. The van der Waals surface area contributed by atoms with Crippen molar-refractivity contribution in [2.75, 3.05) is 38.1 Å². The van der Waals surface area contributed by atoms with E-state index in [1.165, 1.54) is 22.9 Å². The van der Waals surface area contributed by atoms with Crippen molar-refractivity contribution < 1.29 is 8.42 Å². The van der Waals surface area contributed by atoms with Crippen LogP contribution in [0.25, 0.3) is 0 Å². The lowest BCUT2D eigenvalue weighted by Crippen LogP contribution is -2.45. The molecule has 4 rings (SSSR count). The summed E-state index contributed by atoms with van der Waals surface area (Å²) in [5.74, 6) is 0. The minimum absolute atomic E-state index is 0.0979. The van der Waals surface area contributed by atoms with Crippen LogP contribution in [-0.2, 0) is 22.9 Å². The lowest BCUT2D eigenvalue weighted by Gasteiger charge is -2.37. The Kier molecular flexibility index (Phi) is 5.65. The maximum Gasteiger partial charge on any atom is 0.240 e. The Hall–Kier alpha value is -1.60. The number of nitrogens with one attached hydrogen (secondary N) is 1. The van der Waals surface area contributed by atoms with Crippen LogP contribution in [0.15, 0.2) is 47.4 Å². The van der Waals surface area contributed by atoms with E-state index in [4.69, 9.17) is 11.6 Å². The van der Waals surface area contributed by atoms with Gasteiger partial charge in [0.05, 0.1) is 4.90 Å². The molecule has 0 aromatic heterocycles. The van der Waals surface area contributed by atoms with Gasteiger partial charge in [-0.2, -0.15) is 0 Å². The SMILES string of the molecule is CN1CCN(c2cccc3c2CC[C@H](NS(=O)(=O)c2cccc(Cl)c2)C3)CC1. The summed E-state index contributed by atoms with van der Waals surface area (Å²) in [6.07, 6.45) is 2.41. The molecular weight excluding hydrogens is 394 g/mol. The van der Waals surface area contributed by atoms with Crippen molar-refractivity contribution in [2.24, 2.45) is 0 Å². The van der Waals surface area contributed by atoms with Crippen LogP contribution in [0.4, 0.5) is 5.69 Å². The van der Waals surface area contributed by atoms with Crippen LogP contribution in [0.2, 0.25) is 5.02 Å². The van der Waals surface area contributed by atoms with Crippen LogP contribution < -0.4 is 9.62 Å². The highest BCUT2D eigenvalue weighted by Gasteiger charge is 2.27. The number of sulfonamides is 1. The van der Waals surface area contributed by atoms with Crippen LogP contribution in [0.1, 0.15) is 17.5 Å². The van der Waals surface area contributed by atoms with Gasteiger partial charge in [-0.1, -0.05) is 29.8 Å². The maximum absolute atomic E-state index is 12.7. The Bertz CT molecular complexity index is 956. The predicted octanol–water partition coefficient (Wildman–Crippen LogP) is 2.93.